The Morgan fingerprint density at radius 2 is 1.85 bits per heavy atom. The minimum absolute atomic E-state index is 0.0238. The summed E-state index contributed by atoms with van der Waals surface area (Å²) in [5, 5.41) is 14.6. The van der Waals surface area contributed by atoms with Crippen LogP contribution in [0.3, 0.4) is 0 Å². The van der Waals surface area contributed by atoms with Crippen molar-refractivity contribution >= 4 is 34.9 Å². The number of hydrogen-bond donors (Lipinski definition) is 3. The lowest BCUT2D eigenvalue weighted by Crippen LogP contribution is -2.58. The number of carbonyl (C=O) groups is 4. The number of carbonyl (C=O) groups excluding carboxylic acids is 3. The van der Waals surface area contributed by atoms with E-state index in [4.69, 9.17) is 19.2 Å². The molecule has 52 heavy (non-hydrogen) atoms. The van der Waals surface area contributed by atoms with Gasteiger partial charge in [0.25, 0.3) is 0 Å². The second-order valence-electron chi connectivity index (χ2n) is 14.3. The number of unbranched alkanes of at least 4 members (excludes halogenated alkanes) is 3. The van der Waals surface area contributed by atoms with Gasteiger partial charge in [0, 0.05) is 42.0 Å². The van der Waals surface area contributed by atoms with Crippen LogP contribution < -0.4 is 20.2 Å². The molecule has 4 amide bonds. The number of rotatable bonds is 13. The first-order valence-corrected chi connectivity index (χ1v) is 17.7. The molecule has 3 aromatic rings. The van der Waals surface area contributed by atoms with Gasteiger partial charge in [-0.05, 0) is 45.7 Å². The maximum Gasteiger partial charge on any atom is 0.426 e. The number of methoxy groups -OCH3 is 1. The third-order valence-electron chi connectivity index (χ3n) is 9.27. The number of benzene rings is 2. The van der Waals surface area contributed by atoms with Gasteiger partial charge < -0.3 is 29.5 Å². The van der Waals surface area contributed by atoms with Gasteiger partial charge in [-0.25, -0.2) is 29.8 Å². The lowest BCUT2D eigenvalue weighted by Gasteiger charge is -2.32. The van der Waals surface area contributed by atoms with Crippen LogP contribution in [0, 0.1) is 5.92 Å². The Labute approximate surface area is 304 Å². The van der Waals surface area contributed by atoms with Crippen molar-refractivity contribution in [1.82, 2.24) is 25.6 Å². The standard InChI is InChI=1S/C39H49N5O8/c1-7-9-10-14-19-44(42-36(48)52-38(3,4)5)37(49)43-24-28(21-32(43)34(45)41-39(35(46)47)23-26(39)8-2)51-33-22-30(25-15-12-11-13-16-25)40-31-20-27(50-6)17-18-29(31)33/h8,11-13,15-18,20,22,26,28,32H,2,7,9-10,14,19,21,23-24H2,1,3-6H3,(H,41,45)(H,42,48)(H,46,47)/t26?,28-,32+,39?/m1/s1. The van der Waals surface area contributed by atoms with E-state index in [-0.39, 0.29) is 25.9 Å². The maximum absolute atomic E-state index is 14.4. The van der Waals surface area contributed by atoms with Crippen LogP contribution in [0.2, 0.25) is 0 Å². The van der Waals surface area contributed by atoms with E-state index in [0.29, 0.717) is 34.5 Å². The molecule has 1 aliphatic heterocycles. The van der Waals surface area contributed by atoms with Gasteiger partial charge >= 0.3 is 18.1 Å². The Morgan fingerprint density at radius 1 is 1.10 bits per heavy atom. The molecule has 0 radical (unpaired) electrons. The molecule has 2 aromatic carbocycles. The second-order valence-corrected chi connectivity index (χ2v) is 14.3. The number of aromatic nitrogens is 1. The molecule has 0 spiro atoms. The van der Waals surface area contributed by atoms with Crippen molar-refractivity contribution in [1.29, 1.82) is 0 Å². The number of nitrogens with zero attached hydrogens (tertiary/aromatic N) is 3. The minimum atomic E-state index is -1.51. The molecule has 2 unspecified atom stereocenters. The summed E-state index contributed by atoms with van der Waals surface area (Å²) < 4.78 is 17.6. The molecule has 278 valence electrons. The predicted octanol–water partition coefficient (Wildman–Crippen LogP) is 6.32. The number of carboxylic acids is 1. The van der Waals surface area contributed by atoms with Crippen molar-refractivity contribution in [2.24, 2.45) is 5.92 Å². The summed E-state index contributed by atoms with van der Waals surface area (Å²) in [6, 6.07) is 15.2. The number of hydrazine groups is 1. The first-order chi connectivity index (χ1) is 24.8. The van der Waals surface area contributed by atoms with Gasteiger partial charge in [0.1, 0.15) is 34.8 Å². The van der Waals surface area contributed by atoms with Crippen LogP contribution in [0.5, 0.6) is 11.5 Å². The summed E-state index contributed by atoms with van der Waals surface area (Å²) >= 11 is 0. The summed E-state index contributed by atoms with van der Waals surface area (Å²) in [5.74, 6) is -1.15. The fourth-order valence-electron chi connectivity index (χ4n) is 6.46. The molecule has 2 heterocycles. The van der Waals surface area contributed by atoms with Crippen LogP contribution in [0.1, 0.15) is 66.2 Å². The lowest BCUT2D eigenvalue weighted by atomic mass is 10.1. The zero-order valence-corrected chi connectivity index (χ0v) is 30.5. The number of ether oxygens (including phenoxy) is 3. The van der Waals surface area contributed by atoms with Gasteiger partial charge in [-0.1, -0.05) is 62.6 Å². The number of aliphatic carboxylic acids is 1. The van der Waals surface area contributed by atoms with Crippen LogP contribution in [0.15, 0.2) is 67.3 Å². The highest BCUT2D eigenvalue weighted by Gasteiger charge is 2.61. The van der Waals surface area contributed by atoms with E-state index < -0.39 is 53.2 Å². The lowest BCUT2D eigenvalue weighted by molar-refractivity contribution is -0.144. The maximum atomic E-state index is 14.4. The van der Waals surface area contributed by atoms with Gasteiger partial charge in [-0.2, -0.15) is 0 Å². The van der Waals surface area contributed by atoms with Crippen molar-refractivity contribution in [3.8, 4) is 22.8 Å². The first-order valence-electron chi connectivity index (χ1n) is 17.7. The predicted molar refractivity (Wildman–Crippen MR) is 196 cm³/mol. The average Bonchev–Trinajstić information content (AvgIpc) is 3.68. The molecule has 1 aromatic heterocycles. The third kappa shape index (κ3) is 8.75. The number of likely N-dealkylation sites (tertiary alicyclic amines) is 1. The Bertz CT molecular complexity index is 1790. The van der Waals surface area contributed by atoms with Crippen molar-refractivity contribution < 1.29 is 38.5 Å². The topological polar surface area (TPSA) is 160 Å². The second kappa shape index (κ2) is 15.9. The van der Waals surface area contributed by atoms with E-state index >= 15 is 0 Å². The van der Waals surface area contributed by atoms with E-state index in [2.05, 4.69) is 24.2 Å². The Hall–Kier alpha value is -5.33. The van der Waals surface area contributed by atoms with Crippen LogP contribution in [0.25, 0.3) is 22.2 Å². The molecule has 2 aliphatic rings. The quantitative estimate of drug-likeness (QED) is 0.105. The van der Waals surface area contributed by atoms with Gasteiger partial charge in [0.15, 0.2) is 0 Å². The average molecular weight is 716 g/mol. The number of hydrogen-bond acceptors (Lipinski definition) is 8. The highest BCUT2D eigenvalue weighted by Crippen LogP contribution is 2.45. The molecule has 4 atom stereocenters. The summed E-state index contributed by atoms with van der Waals surface area (Å²) in [4.78, 5) is 59.8. The Balaban J connectivity index is 1.48. The molecule has 3 N–H and O–H groups in total. The van der Waals surface area contributed by atoms with E-state index in [1.807, 2.05) is 48.5 Å². The van der Waals surface area contributed by atoms with Crippen molar-refractivity contribution in [3.63, 3.8) is 0 Å². The number of urea groups is 1. The summed E-state index contributed by atoms with van der Waals surface area (Å²) in [6.45, 7) is 11.1. The number of amides is 4. The molecule has 5 rings (SSSR count). The van der Waals surface area contributed by atoms with Gasteiger partial charge in [-0.15, -0.1) is 6.58 Å². The monoisotopic (exact) mass is 715 g/mol. The number of fused-ring (bicyclic) bond motifs is 1. The Morgan fingerprint density at radius 3 is 2.48 bits per heavy atom. The molecule has 2 fully saturated rings. The molecule has 13 heteroatoms. The number of pyridine rings is 1. The first kappa shape index (κ1) is 37.9. The van der Waals surface area contributed by atoms with E-state index in [0.717, 1.165) is 24.8 Å². The highest BCUT2D eigenvalue weighted by molar-refractivity contribution is 5.95. The van der Waals surface area contributed by atoms with Crippen molar-refractivity contribution in [2.45, 2.75) is 89.5 Å². The van der Waals surface area contributed by atoms with Crippen LogP contribution >= 0.6 is 0 Å². The van der Waals surface area contributed by atoms with E-state index in [1.165, 1.54) is 16.0 Å². The molecular weight excluding hydrogens is 666 g/mol. The van der Waals surface area contributed by atoms with E-state index in [9.17, 15) is 24.3 Å². The summed E-state index contributed by atoms with van der Waals surface area (Å²) in [6.07, 6.45) is 3.59. The molecule has 1 saturated heterocycles. The molecular formula is C39H49N5O8. The fraction of sp³-hybridized carbons (Fsp3) is 0.462. The molecule has 13 nitrogen and oxygen atoms in total. The summed E-state index contributed by atoms with van der Waals surface area (Å²) in [5.41, 5.74) is 2.41. The Kier molecular flexibility index (Phi) is 11.6. The minimum Gasteiger partial charge on any atom is -0.497 e. The van der Waals surface area contributed by atoms with Crippen LogP contribution in [0.4, 0.5) is 9.59 Å². The van der Waals surface area contributed by atoms with Gasteiger partial charge in [-0.3, -0.25) is 4.79 Å². The molecule has 0 bridgehead atoms. The number of carboxylic acid groups (broad SMARTS) is 1. The normalized spacial score (nSPS) is 20.9. The SMILES string of the molecule is C=CC1CC1(NC(=O)[C@@H]1C[C@@H](Oc2cc(-c3ccccc3)nc3cc(OC)ccc23)CN1C(=O)N(CCCCCC)NC(=O)OC(C)(C)C)C(=O)O. The van der Waals surface area contributed by atoms with Crippen LogP contribution in [-0.2, 0) is 14.3 Å². The molecule has 1 saturated carbocycles. The van der Waals surface area contributed by atoms with Gasteiger partial charge in [0.05, 0.1) is 24.9 Å². The molecule has 1 aliphatic carbocycles. The van der Waals surface area contributed by atoms with Gasteiger partial charge in [0.2, 0.25) is 5.91 Å². The zero-order chi connectivity index (χ0) is 37.6. The van der Waals surface area contributed by atoms with Crippen molar-refractivity contribution in [3.05, 3.63) is 67.3 Å². The third-order valence-corrected chi connectivity index (χ3v) is 9.27. The summed E-state index contributed by atoms with van der Waals surface area (Å²) in [7, 11) is 1.58. The fourth-order valence-corrected chi connectivity index (χ4v) is 6.46. The van der Waals surface area contributed by atoms with Crippen molar-refractivity contribution in [2.75, 3.05) is 20.2 Å². The number of nitrogens with one attached hydrogen (secondary N) is 2. The zero-order valence-electron chi connectivity index (χ0n) is 30.5. The smallest absolute Gasteiger partial charge is 0.426 e. The highest BCUT2D eigenvalue weighted by atomic mass is 16.6. The largest absolute Gasteiger partial charge is 0.497 e. The van der Waals surface area contributed by atoms with E-state index in [1.54, 1.807) is 33.9 Å². The van der Waals surface area contributed by atoms with Crippen LogP contribution in [-0.4, -0.2) is 87.5 Å².